The Labute approximate surface area is 120 Å². The van der Waals surface area contributed by atoms with E-state index in [0.29, 0.717) is 4.52 Å². The van der Waals surface area contributed by atoms with E-state index in [0.717, 1.165) is 18.2 Å². The van der Waals surface area contributed by atoms with Gasteiger partial charge in [-0.15, -0.1) is 5.10 Å². The molecule has 2 rings (SSSR count). The number of hydrazine groups is 1. The highest BCUT2D eigenvalue weighted by Gasteiger charge is 2.26. The maximum absolute atomic E-state index is 12.2. The number of benzene rings is 1. The molecule has 1 aliphatic rings. The highest BCUT2D eigenvalue weighted by atomic mass is 35.5. The molecule has 0 saturated carbocycles. The molecule has 0 unspecified atom stereocenters. The van der Waals surface area contributed by atoms with Crippen molar-refractivity contribution in [3.05, 3.63) is 36.5 Å². The zero-order chi connectivity index (χ0) is 15.0. The Morgan fingerprint density at radius 1 is 1.25 bits per heavy atom. The van der Waals surface area contributed by atoms with Gasteiger partial charge in [0.05, 0.1) is 16.0 Å². The monoisotopic (exact) mass is 336 g/mol. The average Bonchev–Trinajstić information content (AvgIpc) is 2.38. The molecule has 0 spiro atoms. The summed E-state index contributed by atoms with van der Waals surface area (Å²) in [7, 11) is -8.70. The Balaban J connectivity index is 2.48. The van der Waals surface area contributed by atoms with Crippen LogP contribution < -0.4 is 5.43 Å². The molecule has 8 nitrogen and oxygen atoms in total. The van der Waals surface area contributed by atoms with Crippen LogP contribution in [0, 0.1) is 6.20 Å². The fraction of sp³-hybridized carbons (Fsp3) is 0. The van der Waals surface area contributed by atoms with Crippen molar-refractivity contribution in [2.75, 3.05) is 0 Å². The predicted octanol–water partition coefficient (Wildman–Crippen LogP) is 0.311. The number of sulfonamides is 1. The first-order chi connectivity index (χ1) is 9.21. The standard InChI is InChI=1S/C9H7ClN3O5S2/c10-9-4-5-11-13(12-9)19(14,15)7-2-1-3-8(6-7)20(16,17)18/h1-4,6,11H,(H,16,17,18). The van der Waals surface area contributed by atoms with Crippen molar-refractivity contribution in [2.24, 2.45) is 5.10 Å². The molecule has 11 heteroatoms. The molecule has 1 aliphatic heterocycles. The topological polar surface area (TPSA) is 116 Å². The van der Waals surface area contributed by atoms with Crippen LogP contribution in [0.2, 0.25) is 0 Å². The van der Waals surface area contributed by atoms with Crippen molar-refractivity contribution < 1.29 is 21.4 Å². The number of nitrogens with one attached hydrogen (secondary N) is 1. The largest absolute Gasteiger partial charge is 0.297 e. The molecule has 20 heavy (non-hydrogen) atoms. The lowest BCUT2D eigenvalue weighted by atomic mass is 10.4. The van der Waals surface area contributed by atoms with Crippen LogP contribution in [0.5, 0.6) is 0 Å². The third-order valence-corrected chi connectivity index (χ3v) is 4.68. The molecule has 0 fully saturated rings. The second kappa shape index (κ2) is 5.05. The molecular weight excluding hydrogens is 330 g/mol. The lowest BCUT2D eigenvalue weighted by Crippen LogP contribution is -2.38. The van der Waals surface area contributed by atoms with Gasteiger partial charge < -0.3 is 0 Å². The van der Waals surface area contributed by atoms with Gasteiger partial charge in [0.25, 0.3) is 20.1 Å². The zero-order valence-corrected chi connectivity index (χ0v) is 11.9. The summed E-state index contributed by atoms with van der Waals surface area (Å²) >= 11 is 5.56. The first-order valence-electron chi connectivity index (χ1n) is 4.92. The minimum atomic E-state index is -4.51. The van der Waals surface area contributed by atoms with Crippen molar-refractivity contribution >= 4 is 36.9 Å². The van der Waals surface area contributed by atoms with Crippen LogP contribution in [0.3, 0.4) is 0 Å². The molecule has 2 N–H and O–H groups in total. The van der Waals surface area contributed by atoms with Crippen LogP contribution in [0.15, 0.2) is 45.2 Å². The number of allylic oxidation sites excluding steroid dienone is 1. The fourth-order valence-corrected chi connectivity index (χ4v) is 3.17. The molecule has 1 aromatic carbocycles. The summed E-state index contributed by atoms with van der Waals surface area (Å²) in [4.78, 5) is -0.942. The van der Waals surface area contributed by atoms with E-state index in [9.17, 15) is 16.8 Å². The highest BCUT2D eigenvalue weighted by molar-refractivity contribution is 7.89. The number of hydrazone groups is 1. The molecule has 0 atom stereocenters. The lowest BCUT2D eigenvalue weighted by molar-refractivity contribution is 0.368. The Bertz CT molecular complexity index is 801. The van der Waals surface area contributed by atoms with Crippen LogP contribution >= 0.6 is 11.6 Å². The Kier molecular flexibility index (Phi) is 3.73. The first-order valence-corrected chi connectivity index (χ1v) is 8.18. The van der Waals surface area contributed by atoms with Gasteiger partial charge in [-0.25, -0.2) is 0 Å². The fourth-order valence-electron chi connectivity index (χ4n) is 1.30. The summed E-state index contributed by atoms with van der Waals surface area (Å²) in [5.41, 5.74) is 2.20. The normalized spacial score (nSPS) is 15.7. The van der Waals surface area contributed by atoms with Crippen molar-refractivity contribution in [3.8, 4) is 0 Å². The highest BCUT2D eigenvalue weighted by Crippen LogP contribution is 2.19. The second-order valence-corrected chi connectivity index (χ2v) is 7.10. The SMILES string of the molecule is O=S(=O)(O)c1cccc(S(=O)(=O)N2N=C(Cl)C=[C]N2)c1. The number of rotatable bonds is 3. The van der Waals surface area contributed by atoms with Gasteiger partial charge in [-0.05, 0) is 18.2 Å². The minimum Gasteiger partial charge on any atom is -0.282 e. The quantitative estimate of drug-likeness (QED) is 0.767. The van der Waals surface area contributed by atoms with E-state index in [1.54, 1.807) is 0 Å². The molecule has 0 amide bonds. The lowest BCUT2D eigenvalue weighted by Gasteiger charge is -2.20. The molecule has 1 radical (unpaired) electrons. The van der Waals surface area contributed by atoms with Gasteiger partial charge in [-0.2, -0.15) is 16.8 Å². The van der Waals surface area contributed by atoms with Gasteiger partial charge in [-0.3, -0.25) is 9.98 Å². The van der Waals surface area contributed by atoms with Gasteiger partial charge in [0.2, 0.25) is 0 Å². The molecular formula is C9H7ClN3O5S2. The third-order valence-electron chi connectivity index (χ3n) is 2.17. The molecule has 0 aromatic heterocycles. The molecule has 0 bridgehead atoms. The van der Waals surface area contributed by atoms with E-state index in [2.05, 4.69) is 16.7 Å². The number of nitrogens with zero attached hydrogens (tertiary/aromatic N) is 2. The van der Waals surface area contributed by atoms with E-state index >= 15 is 0 Å². The summed E-state index contributed by atoms with van der Waals surface area (Å²) in [6.45, 7) is 0. The van der Waals surface area contributed by atoms with Crippen molar-refractivity contribution in [2.45, 2.75) is 9.79 Å². The van der Waals surface area contributed by atoms with E-state index in [4.69, 9.17) is 16.2 Å². The minimum absolute atomic E-state index is 0.127. The summed E-state index contributed by atoms with van der Waals surface area (Å²) in [5, 5.41) is 3.38. The molecule has 107 valence electrons. The second-order valence-electron chi connectivity index (χ2n) is 3.52. The van der Waals surface area contributed by atoms with Crippen molar-refractivity contribution in [3.63, 3.8) is 0 Å². The summed E-state index contributed by atoms with van der Waals surface area (Å²) in [6.07, 6.45) is 3.56. The van der Waals surface area contributed by atoms with Crippen LogP contribution in [0.4, 0.5) is 0 Å². The van der Waals surface area contributed by atoms with Gasteiger partial charge >= 0.3 is 0 Å². The van der Waals surface area contributed by atoms with E-state index < -0.39 is 29.9 Å². The van der Waals surface area contributed by atoms with Gasteiger partial charge in [0, 0.05) is 6.08 Å². The summed E-state index contributed by atoms with van der Waals surface area (Å²) in [5.74, 6) is 0. The zero-order valence-electron chi connectivity index (χ0n) is 9.56. The number of hydrogen-bond acceptors (Lipinski definition) is 6. The summed E-state index contributed by atoms with van der Waals surface area (Å²) < 4.78 is 55.7. The molecule has 0 saturated heterocycles. The van der Waals surface area contributed by atoms with E-state index in [1.807, 2.05) is 0 Å². The predicted molar refractivity (Wildman–Crippen MR) is 69.5 cm³/mol. The number of halogens is 1. The van der Waals surface area contributed by atoms with Crippen LogP contribution in [0.25, 0.3) is 0 Å². The van der Waals surface area contributed by atoms with Crippen LogP contribution in [-0.4, -0.2) is 31.1 Å². The van der Waals surface area contributed by atoms with Gasteiger partial charge in [0.1, 0.15) is 0 Å². The maximum Gasteiger partial charge on any atom is 0.297 e. The van der Waals surface area contributed by atoms with Crippen molar-refractivity contribution in [1.82, 2.24) is 9.95 Å². The smallest absolute Gasteiger partial charge is 0.282 e. The Morgan fingerprint density at radius 3 is 2.50 bits per heavy atom. The van der Waals surface area contributed by atoms with Gasteiger partial charge in [0.15, 0.2) is 5.17 Å². The molecule has 1 heterocycles. The van der Waals surface area contributed by atoms with Gasteiger partial charge in [-0.1, -0.05) is 22.2 Å². The molecule has 1 aromatic rings. The summed E-state index contributed by atoms with van der Waals surface area (Å²) in [6, 6.07) is 4.17. The molecule has 0 aliphatic carbocycles. The van der Waals surface area contributed by atoms with Crippen LogP contribution in [0.1, 0.15) is 0 Å². The first kappa shape index (κ1) is 14.8. The Hall–Kier alpha value is -1.62. The van der Waals surface area contributed by atoms with E-state index in [1.165, 1.54) is 12.1 Å². The third kappa shape index (κ3) is 2.93. The number of hydrogen-bond donors (Lipinski definition) is 2. The Morgan fingerprint density at radius 2 is 1.90 bits per heavy atom. The van der Waals surface area contributed by atoms with Crippen molar-refractivity contribution in [1.29, 1.82) is 0 Å². The van der Waals surface area contributed by atoms with E-state index in [-0.39, 0.29) is 5.17 Å². The maximum atomic E-state index is 12.2. The average molecular weight is 337 g/mol. The van der Waals surface area contributed by atoms with Crippen LogP contribution in [-0.2, 0) is 20.1 Å².